The lowest BCUT2D eigenvalue weighted by Crippen LogP contribution is -2.35. The first-order valence-corrected chi connectivity index (χ1v) is 12.8. The predicted octanol–water partition coefficient (Wildman–Crippen LogP) is 2.21. The second kappa shape index (κ2) is 10.4. The van der Waals surface area contributed by atoms with Crippen LogP contribution >= 0.6 is 0 Å². The summed E-state index contributed by atoms with van der Waals surface area (Å²) in [4.78, 5) is 37.0. The van der Waals surface area contributed by atoms with Crippen molar-refractivity contribution < 1.29 is 22.7 Å². The minimum absolute atomic E-state index is 0.164. The van der Waals surface area contributed by atoms with Gasteiger partial charge in [0.1, 0.15) is 0 Å². The van der Waals surface area contributed by atoms with Crippen LogP contribution in [0, 0.1) is 0 Å². The Bertz CT molecular complexity index is 1400. The van der Waals surface area contributed by atoms with Crippen LogP contribution in [0.5, 0.6) is 0 Å². The lowest BCUT2D eigenvalue weighted by Gasteiger charge is -2.25. The van der Waals surface area contributed by atoms with E-state index in [0.717, 1.165) is 19.3 Å². The molecule has 1 unspecified atom stereocenters. The van der Waals surface area contributed by atoms with Gasteiger partial charge in [0.15, 0.2) is 6.10 Å². The SMILES string of the molecule is CC(OC(=O)Cc1n[nH]c(=O)c2ccccc12)C(=O)Nc1ccc(S(=O)(=O)N2CCCCC2)cc1. The van der Waals surface area contributed by atoms with Gasteiger partial charge in [0.25, 0.3) is 11.5 Å². The number of hydrogen-bond donors (Lipinski definition) is 2. The van der Waals surface area contributed by atoms with E-state index in [2.05, 4.69) is 15.5 Å². The number of esters is 1. The maximum absolute atomic E-state index is 12.8. The van der Waals surface area contributed by atoms with Crippen molar-refractivity contribution in [3.8, 4) is 0 Å². The summed E-state index contributed by atoms with van der Waals surface area (Å²) in [7, 11) is -3.56. The highest BCUT2D eigenvalue weighted by Crippen LogP contribution is 2.22. The van der Waals surface area contributed by atoms with E-state index in [9.17, 15) is 22.8 Å². The maximum Gasteiger partial charge on any atom is 0.312 e. The van der Waals surface area contributed by atoms with Crippen LogP contribution in [0.1, 0.15) is 31.9 Å². The number of sulfonamides is 1. The summed E-state index contributed by atoms with van der Waals surface area (Å²) in [5, 5.41) is 9.85. The highest BCUT2D eigenvalue weighted by Gasteiger charge is 2.26. The molecular formula is C24H26N4O6S. The van der Waals surface area contributed by atoms with Gasteiger partial charge in [0.2, 0.25) is 10.0 Å². The van der Waals surface area contributed by atoms with Gasteiger partial charge in [-0.1, -0.05) is 24.6 Å². The van der Waals surface area contributed by atoms with E-state index in [4.69, 9.17) is 4.74 Å². The van der Waals surface area contributed by atoms with Gasteiger partial charge in [0.05, 0.1) is 22.4 Å². The third-order valence-electron chi connectivity index (χ3n) is 5.84. The number of ether oxygens (including phenoxy) is 1. The third kappa shape index (κ3) is 5.57. The van der Waals surface area contributed by atoms with Gasteiger partial charge in [-0.05, 0) is 50.1 Å². The van der Waals surface area contributed by atoms with Gasteiger partial charge in [-0.2, -0.15) is 9.40 Å². The molecule has 1 aliphatic rings. The van der Waals surface area contributed by atoms with Gasteiger partial charge in [-0.3, -0.25) is 14.4 Å². The molecule has 11 heteroatoms. The quantitative estimate of drug-likeness (QED) is 0.476. The van der Waals surface area contributed by atoms with E-state index in [1.807, 2.05) is 0 Å². The molecule has 1 aliphatic heterocycles. The average Bonchev–Trinajstić information content (AvgIpc) is 2.86. The van der Waals surface area contributed by atoms with Crippen LogP contribution in [-0.2, 0) is 30.8 Å². The van der Waals surface area contributed by atoms with E-state index in [0.29, 0.717) is 35.2 Å². The Morgan fingerprint density at radius 3 is 2.40 bits per heavy atom. The smallest absolute Gasteiger partial charge is 0.312 e. The molecule has 2 heterocycles. The van der Waals surface area contributed by atoms with Crippen molar-refractivity contribution in [1.82, 2.24) is 14.5 Å². The molecule has 2 N–H and O–H groups in total. The zero-order valence-corrected chi connectivity index (χ0v) is 20.0. The van der Waals surface area contributed by atoms with Crippen LogP contribution in [0.25, 0.3) is 10.8 Å². The molecular weight excluding hydrogens is 472 g/mol. The van der Waals surface area contributed by atoms with Gasteiger partial charge < -0.3 is 10.1 Å². The molecule has 1 atom stereocenters. The molecule has 1 fully saturated rings. The Kier molecular flexibility index (Phi) is 7.27. The number of rotatable bonds is 7. The van der Waals surface area contributed by atoms with Crippen molar-refractivity contribution in [3.63, 3.8) is 0 Å². The standard InChI is InChI=1S/C24H26N4O6S/c1-16(34-22(29)15-21-19-7-3-4-8-20(19)24(31)27-26-21)23(30)25-17-9-11-18(12-10-17)35(32,33)28-13-5-2-6-14-28/h3-4,7-12,16H,2,5-6,13-15H2,1H3,(H,25,30)(H,27,31). The first kappa shape index (κ1) is 24.6. The van der Waals surface area contributed by atoms with E-state index in [-0.39, 0.29) is 16.9 Å². The number of piperidine rings is 1. The molecule has 0 spiro atoms. The van der Waals surface area contributed by atoms with E-state index < -0.39 is 28.0 Å². The monoisotopic (exact) mass is 498 g/mol. The number of nitrogens with one attached hydrogen (secondary N) is 2. The zero-order chi connectivity index (χ0) is 25.0. The number of fused-ring (bicyclic) bond motifs is 1. The summed E-state index contributed by atoms with van der Waals surface area (Å²) in [6, 6.07) is 12.7. The Labute approximate surface area is 202 Å². The second-order valence-corrected chi connectivity index (χ2v) is 10.3. The van der Waals surface area contributed by atoms with E-state index in [1.165, 1.54) is 35.5 Å². The summed E-state index contributed by atoms with van der Waals surface area (Å²) >= 11 is 0. The number of aromatic amines is 1. The molecule has 0 bridgehead atoms. The van der Waals surface area contributed by atoms with Gasteiger partial charge in [-0.25, -0.2) is 13.5 Å². The summed E-state index contributed by atoms with van der Waals surface area (Å²) in [6.07, 6.45) is 1.39. The first-order valence-electron chi connectivity index (χ1n) is 11.3. The molecule has 0 saturated carbocycles. The number of anilines is 1. The lowest BCUT2D eigenvalue weighted by molar-refractivity contribution is -0.152. The van der Waals surface area contributed by atoms with Crippen LogP contribution < -0.4 is 10.9 Å². The maximum atomic E-state index is 12.8. The molecule has 1 saturated heterocycles. The second-order valence-electron chi connectivity index (χ2n) is 8.33. The lowest BCUT2D eigenvalue weighted by atomic mass is 10.1. The van der Waals surface area contributed by atoms with Crippen molar-refractivity contribution >= 4 is 38.4 Å². The molecule has 10 nitrogen and oxygen atoms in total. The van der Waals surface area contributed by atoms with Crippen molar-refractivity contribution in [2.45, 2.75) is 43.6 Å². The minimum Gasteiger partial charge on any atom is -0.452 e. The van der Waals surface area contributed by atoms with Crippen molar-refractivity contribution in [3.05, 3.63) is 64.6 Å². The largest absolute Gasteiger partial charge is 0.452 e. The Morgan fingerprint density at radius 2 is 1.71 bits per heavy atom. The summed E-state index contributed by atoms with van der Waals surface area (Å²) < 4.78 is 32.2. The Balaban J connectivity index is 1.36. The highest BCUT2D eigenvalue weighted by molar-refractivity contribution is 7.89. The average molecular weight is 499 g/mol. The van der Waals surface area contributed by atoms with Gasteiger partial charge in [0, 0.05) is 24.2 Å². The number of nitrogens with zero attached hydrogens (tertiary/aromatic N) is 2. The number of H-pyrrole nitrogens is 1. The molecule has 3 aromatic rings. The fraction of sp³-hybridized carbons (Fsp3) is 0.333. The van der Waals surface area contributed by atoms with E-state index in [1.54, 1.807) is 24.3 Å². The number of amides is 1. The number of benzene rings is 2. The first-order chi connectivity index (χ1) is 16.8. The molecule has 2 aromatic carbocycles. The van der Waals surface area contributed by atoms with Crippen molar-refractivity contribution in [1.29, 1.82) is 0 Å². The minimum atomic E-state index is -3.56. The normalized spacial score (nSPS) is 15.5. The van der Waals surface area contributed by atoms with Crippen molar-refractivity contribution in [2.24, 2.45) is 0 Å². The van der Waals surface area contributed by atoms with Crippen LogP contribution in [0.3, 0.4) is 0 Å². The highest BCUT2D eigenvalue weighted by atomic mass is 32.2. The summed E-state index contributed by atoms with van der Waals surface area (Å²) in [5.41, 5.74) is 0.354. The van der Waals surface area contributed by atoms with Gasteiger partial charge >= 0.3 is 5.97 Å². The topological polar surface area (TPSA) is 139 Å². The van der Waals surface area contributed by atoms with Crippen LogP contribution in [0.15, 0.2) is 58.2 Å². The Hall–Kier alpha value is -3.57. The molecule has 35 heavy (non-hydrogen) atoms. The zero-order valence-electron chi connectivity index (χ0n) is 19.2. The fourth-order valence-corrected chi connectivity index (χ4v) is 5.46. The third-order valence-corrected chi connectivity index (χ3v) is 7.75. The fourth-order valence-electron chi connectivity index (χ4n) is 3.94. The molecule has 0 aliphatic carbocycles. The summed E-state index contributed by atoms with van der Waals surface area (Å²) in [6.45, 7) is 2.45. The molecule has 0 radical (unpaired) electrons. The predicted molar refractivity (Wildman–Crippen MR) is 129 cm³/mol. The molecule has 4 rings (SSSR count). The number of aromatic nitrogens is 2. The molecule has 1 amide bonds. The molecule has 1 aromatic heterocycles. The van der Waals surface area contributed by atoms with E-state index >= 15 is 0 Å². The Morgan fingerprint density at radius 1 is 1.06 bits per heavy atom. The van der Waals surface area contributed by atoms with Crippen LogP contribution in [0.2, 0.25) is 0 Å². The van der Waals surface area contributed by atoms with Crippen LogP contribution in [-0.4, -0.2) is 54.0 Å². The number of carbonyl (C=O) groups excluding carboxylic acids is 2. The molecule has 184 valence electrons. The number of hydrogen-bond acceptors (Lipinski definition) is 7. The van der Waals surface area contributed by atoms with Crippen molar-refractivity contribution in [2.75, 3.05) is 18.4 Å². The number of carbonyl (C=O) groups is 2. The van der Waals surface area contributed by atoms with Crippen LogP contribution in [0.4, 0.5) is 5.69 Å². The summed E-state index contributed by atoms with van der Waals surface area (Å²) in [5.74, 6) is -1.25. The van der Waals surface area contributed by atoms with Gasteiger partial charge in [-0.15, -0.1) is 0 Å².